The minimum atomic E-state index is -0.498. The van der Waals surface area contributed by atoms with E-state index in [9.17, 15) is 19.7 Å². The van der Waals surface area contributed by atoms with Crippen LogP contribution in [0.1, 0.15) is 12.8 Å². The molecule has 1 aromatic carbocycles. The van der Waals surface area contributed by atoms with E-state index >= 15 is 0 Å². The number of anilines is 2. The van der Waals surface area contributed by atoms with Gasteiger partial charge in [0.1, 0.15) is 0 Å². The molecule has 9 nitrogen and oxygen atoms in total. The molecule has 1 fully saturated rings. The number of piperidine rings is 1. The van der Waals surface area contributed by atoms with Crippen LogP contribution in [0.15, 0.2) is 35.8 Å². The van der Waals surface area contributed by atoms with Gasteiger partial charge in [-0.05, 0) is 25.0 Å². The third kappa shape index (κ3) is 4.33. The second kappa shape index (κ2) is 7.91. The average Bonchev–Trinajstić information content (AvgIpc) is 3.15. The maximum Gasteiger partial charge on any atom is 0.321 e. The number of hydrogen-bond donors (Lipinski definition) is 2. The van der Waals surface area contributed by atoms with Crippen LogP contribution in [0.25, 0.3) is 0 Å². The molecular weight excluding hydrogens is 358 g/mol. The van der Waals surface area contributed by atoms with Crippen LogP contribution in [0.2, 0.25) is 0 Å². The minimum absolute atomic E-state index is 0.0418. The lowest BCUT2D eigenvalue weighted by atomic mass is 9.97. The van der Waals surface area contributed by atoms with Crippen LogP contribution >= 0.6 is 11.3 Å². The van der Waals surface area contributed by atoms with Crippen LogP contribution in [-0.2, 0) is 4.79 Å². The van der Waals surface area contributed by atoms with Gasteiger partial charge in [-0.1, -0.05) is 0 Å². The fourth-order valence-electron chi connectivity index (χ4n) is 2.74. The molecule has 1 unspecified atom stereocenters. The summed E-state index contributed by atoms with van der Waals surface area (Å²) in [5, 5.41) is 18.5. The van der Waals surface area contributed by atoms with Crippen molar-refractivity contribution in [1.29, 1.82) is 0 Å². The fraction of sp³-hybridized carbons (Fsp3) is 0.312. The lowest BCUT2D eigenvalue weighted by Gasteiger charge is -2.31. The van der Waals surface area contributed by atoms with Gasteiger partial charge in [-0.15, -0.1) is 11.3 Å². The smallest absolute Gasteiger partial charge is 0.321 e. The predicted molar refractivity (Wildman–Crippen MR) is 97.2 cm³/mol. The van der Waals surface area contributed by atoms with E-state index in [1.165, 1.54) is 35.6 Å². The molecule has 0 spiro atoms. The molecule has 2 N–H and O–H groups in total. The maximum atomic E-state index is 12.4. The first-order valence-electron chi connectivity index (χ1n) is 8.03. The number of likely N-dealkylation sites (tertiary alicyclic amines) is 1. The highest BCUT2D eigenvalue weighted by atomic mass is 32.1. The molecule has 3 amide bonds. The van der Waals surface area contributed by atoms with Gasteiger partial charge in [-0.3, -0.25) is 14.9 Å². The first-order chi connectivity index (χ1) is 12.5. The number of nitrogens with zero attached hydrogens (tertiary/aromatic N) is 3. The van der Waals surface area contributed by atoms with Crippen LogP contribution in [0, 0.1) is 16.0 Å². The highest BCUT2D eigenvalue weighted by molar-refractivity contribution is 7.13. The molecule has 3 rings (SSSR count). The van der Waals surface area contributed by atoms with Crippen LogP contribution < -0.4 is 10.6 Å². The third-order valence-corrected chi connectivity index (χ3v) is 4.76. The summed E-state index contributed by atoms with van der Waals surface area (Å²) in [6.07, 6.45) is 3.05. The molecule has 1 aromatic heterocycles. The highest BCUT2D eigenvalue weighted by Crippen LogP contribution is 2.21. The topological polar surface area (TPSA) is 117 Å². The number of nitro groups is 1. The molecule has 1 saturated heterocycles. The number of nitro benzene ring substituents is 1. The molecule has 2 aromatic rings. The van der Waals surface area contributed by atoms with E-state index in [-0.39, 0.29) is 23.5 Å². The van der Waals surface area contributed by atoms with E-state index in [1.54, 1.807) is 16.5 Å². The van der Waals surface area contributed by atoms with E-state index in [0.29, 0.717) is 30.3 Å². The number of non-ortho nitro benzene ring substituents is 1. The molecule has 1 atom stereocenters. The molecule has 0 saturated carbocycles. The maximum absolute atomic E-state index is 12.4. The summed E-state index contributed by atoms with van der Waals surface area (Å²) in [5.41, 5.74) is 0.426. The van der Waals surface area contributed by atoms with Crippen molar-refractivity contribution in [3.63, 3.8) is 0 Å². The Morgan fingerprint density at radius 1 is 1.27 bits per heavy atom. The quantitative estimate of drug-likeness (QED) is 0.629. The highest BCUT2D eigenvalue weighted by Gasteiger charge is 2.29. The van der Waals surface area contributed by atoms with Gasteiger partial charge in [0.2, 0.25) is 5.91 Å². The van der Waals surface area contributed by atoms with Gasteiger partial charge in [0.25, 0.3) is 5.69 Å². The molecule has 0 radical (unpaired) electrons. The number of amides is 3. The molecule has 0 aliphatic carbocycles. The Bertz CT molecular complexity index is 793. The summed E-state index contributed by atoms with van der Waals surface area (Å²) in [7, 11) is 0. The first-order valence-corrected chi connectivity index (χ1v) is 8.91. The van der Waals surface area contributed by atoms with Crippen LogP contribution in [0.3, 0.4) is 0 Å². The molecule has 0 bridgehead atoms. The molecule has 1 aliphatic rings. The lowest BCUT2D eigenvalue weighted by molar-refractivity contribution is -0.384. The van der Waals surface area contributed by atoms with Crippen molar-refractivity contribution in [2.24, 2.45) is 5.92 Å². The number of aromatic nitrogens is 1. The number of carbonyl (C=O) groups excluding carboxylic acids is 2. The number of urea groups is 1. The van der Waals surface area contributed by atoms with Gasteiger partial charge in [-0.2, -0.15) is 0 Å². The molecule has 2 heterocycles. The Morgan fingerprint density at radius 3 is 2.69 bits per heavy atom. The van der Waals surface area contributed by atoms with Crippen LogP contribution in [-0.4, -0.2) is 39.8 Å². The Kier molecular flexibility index (Phi) is 5.42. The van der Waals surface area contributed by atoms with Crippen LogP contribution in [0.4, 0.5) is 21.3 Å². The van der Waals surface area contributed by atoms with E-state index in [4.69, 9.17) is 0 Å². The Labute approximate surface area is 153 Å². The van der Waals surface area contributed by atoms with Crippen LogP contribution in [0.5, 0.6) is 0 Å². The van der Waals surface area contributed by atoms with Crippen molar-refractivity contribution < 1.29 is 14.5 Å². The second-order valence-corrected chi connectivity index (χ2v) is 6.74. The predicted octanol–water partition coefficient (Wildman–Crippen LogP) is 2.93. The van der Waals surface area contributed by atoms with Crippen molar-refractivity contribution in [2.45, 2.75) is 12.8 Å². The van der Waals surface area contributed by atoms with E-state index < -0.39 is 4.92 Å². The normalized spacial score (nSPS) is 16.8. The number of hydrogen-bond acceptors (Lipinski definition) is 6. The van der Waals surface area contributed by atoms with Crippen molar-refractivity contribution in [3.05, 3.63) is 46.0 Å². The molecule has 10 heteroatoms. The van der Waals surface area contributed by atoms with Crippen molar-refractivity contribution in [1.82, 2.24) is 9.88 Å². The number of carbonyl (C=O) groups is 2. The number of benzene rings is 1. The van der Waals surface area contributed by atoms with E-state index in [1.807, 2.05) is 0 Å². The van der Waals surface area contributed by atoms with Gasteiger partial charge < -0.3 is 15.5 Å². The molecule has 136 valence electrons. The van der Waals surface area contributed by atoms with Crippen molar-refractivity contribution >= 4 is 39.8 Å². The summed E-state index contributed by atoms with van der Waals surface area (Å²) in [5.74, 6) is -0.442. The zero-order valence-corrected chi connectivity index (χ0v) is 14.6. The second-order valence-electron chi connectivity index (χ2n) is 5.85. The summed E-state index contributed by atoms with van der Waals surface area (Å²) >= 11 is 1.34. The monoisotopic (exact) mass is 375 g/mol. The fourth-order valence-corrected chi connectivity index (χ4v) is 3.27. The first kappa shape index (κ1) is 17.8. The third-order valence-electron chi connectivity index (χ3n) is 4.07. The summed E-state index contributed by atoms with van der Waals surface area (Å²) in [4.78, 5) is 40.5. The minimum Gasteiger partial charge on any atom is -0.324 e. The van der Waals surface area contributed by atoms with Gasteiger partial charge in [0, 0.05) is 42.5 Å². The van der Waals surface area contributed by atoms with Gasteiger partial charge in [-0.25, -0.2) is 9.78 Å². The van der Waals surface area contributed by atoms with E-state index in [2.05, 4.69) is 15.6 Å². The Balaban J connectivity index is 1.57. The van der Waals surface area contributed by atoms with Gasteiger partial charge in [0.15, 0.2) is 5.13 Å². The van der Waals surface area contributed by atoms with Crippen molar-refractivity contribution in [3.8, 4) is 0 Å². The Morgan fingerprint density at radius 2 is 2.04 bits per heavy atom. The van der Waals surface area contributed by atoms with Gasteiger partial charge >= 0.3 is 6.03 Å². The molecular formula is C16H17N5O4S. The summed E-state index contributed by atoms with van der Waals surface area (Å²) in [6, 6.07) is 5.29. The number of thiazole rings is 1. The molecule has 26 heavy (non-hydrogen) atoms. The van der Waals surface area contributed by atoms with Gasteiger partial charge in [0.05, 0.1) is 10.8 Å². The zero-order chi connectivity index (χ0) is 18.5. The van der Waals surface area contributed by atoms with Crippen molar-refractivity contribution in [2.75, 3.05) is 23.7 Å². The molecule has 1 aliphatic heterocycles. The standard InChI is InChI=1S/C16H17N5O4S/c22-14(19-15-17-7-9-26-15)11-2-1-8-20(10-11)16(23)18-12-3-5-13(6-4-12)21(24)25/h3-7,9,11H,1-2,8,10H2,(H,18,23)(H,17,19,22). The lowest BCUT2D eigenvalue weighted by Crippen LogP contribution is -2.45. The summed E-state index contributed by atoms with van der Waals surface area (Å²) < 4.78 is 0. The Hall–Kier alpha value is -3.01. The largest absolute Gasteiger partial charge is 0.324 e. The number of nitrogens with one attached hydrogen (secondary N) is 2. The SMILES string of the molecule is O=C(Nc1nccs1)C1CCCN(C(=O)Nc2ccc([N+](=O)[O-])cc2)C1. The number of rotatable bonds is 4. The van der Waals surface area contributed by atoms with E-state index in [0.717, 1.165) is 6.42 Å². The summed E-state index contributed by atoms with van der Waals surface area (Å²) in [6.45, 7) is 0.871. The average molecular weight is 375 g/mol. The zero-order valence-electron chi connectivity index (χ0n) is 13.8.